The normalized spacial score (nSPS) is 24.1. The molecule has 13 heteroatoms. The molecule has 0 radical (unpaired) electrons. The van der Waals surface area contributed by atoms with E-state index in [1.54, 1.807) is 0 Å². The number of rotatable bonds is 6. The molecule has 28 heavy (non-hydrogen) atoms. The lowest BCUT2D eigenvalue weighted by molar-refractivity contribution is -0.165. The first-order valence-corrected chi connectivity index (χ1v) is 7.92. The van der Waals surface area contributed by atoms with Gasteiger partial charge >= 0.3 is 24.1 Å². The lowest BCUT2D eigenvalue weighted by Gasteiger charge is -2.19. The molecule has 4 atom stereocenters. The number of carbonyl (C=O) groups is 3. The predicted octanol–water partition coefficient (Wildman–Crippen LogP) is -0.800. The number of nitrogens with zero attached hydrogens (tertiary/aromatic N) is 2. The minimum absolute atomic E-state index is 0.0415. The summed E-state index contributed by atoms with van der Waals surface area (Å²) in [5, 5.41) is 12.7. The van der Waals surface area contributed by atoms with Crippen molar-refractivity contribution in [2.45, 2.75) is 44.8 Å². The Hall–Kier alpha value is -2.93. The largest absolute Gasteiger partial charge is 0.459 e. The van der Waals surface area contributed by atoms with Gasteiger partial charge in [0.1, 0.15) is 24.6 Å². The highest BCUT2D eigenvalue weighted by Crippen LogP contribution is 2.31. The first-order valence-electron chi connectivity index (χ1n) is 7.92. The SMILES string of the molecule is CC(=O)Nc1ccn([C@@H]2O[C@H](COC(=O)C(F)F)[C@@H](OC(C)=O)[C@@H]2O)c(=O)n1. The number of aromatic nitrogens is 2. The van der Waals surface area contributed by atoms with Gasteiger partial charge in [-0.2, -0.15) is 13.8 Å². The molecule has 0 aromatic carbocycles. The molecule has 1 aliphatic heterocycles. The van der Waals surface area contributed by atoms with E-state index in [-0.39, 0.29) is 5.82 Å². The molecule has 1 amide bonds. The van der Waals surface area contributed by atoms with Crippen LogP contribution in [0.5, 0.6) is 0 Å². The van der Waals surface area contributed by atoms with Gasteiger partial charge in [-0.3, -0.25) is 14.2 Å². The van der Waals surface area contributed by atoms with Gasteiger partial charge in [0.25, 0.3) is 0 Å². The van der Waals surface area contributed by atoms with Crippen molar-refractivity contribution in [3.63, 3.8) is 0 Å². The summed E-state index contributed by atoms with van der Waals surface area (Å²) in [4.78, 5) is 49.0. The monoisotopic (exact) mass is 405 g/mol. The second-order valence-corrected chi connectivity index (χ2v) is 5.74. The zero-order chi connectivity index (χ0) is 21.0. The lowest BCUT2D eigenvalue weighted by Crippen LogP contribution is -2.39. The zero-order valence-electron chi connectivity index (χ0n) is 14.7. The number of ether oxygens (including phenoxy) is 3. The summed E-state index contributed by atoms with van der Waals surface area (Å²) in [6, 6.07) is 1.25. The molecular weight excluding hydrogens is 388 g/mol. The smallest absolute Gasteiger partial charge is 0.373 e. The fourth-order valence-corrected chi connectivity index (χ4v) is 2.50. The van der Waals surface area contributed by atoms with Crippen LogP contribution >= 0.6 is 0 Å². The molecule has 1 aliphatic rings. The maximum absolute atomic E-state index is 12.3. The molecule has 1 fully saturated rings. The van der Waals surface area contributed by atoms with Gasteiger partial charge in [0.2, 0.25) is 5.91 Å². The van der Waals surface area contributed by atoms with Crippen LogP contribution in [0.2, 0.25) is 0 Å². The van der Waals surface area contributed by atoms with E-state index in [1.165, 1.54) is 13.0 Å². The van der Waals surface area contributed by atoms with Crippen LogP contribution in [-0.4, -0.2) is 63.8 Å². The Morgan fingerprint density at radius 2 is 2.07 bits per heavy atom. The summed E-state index contributed by atoms with van der Waals surface area (Å²) in [5.41, 5.74) is -0.915. The van der Waals surface area contributed by atoms with Gasteiger partial charge in [-0.15, -0.1) is 0 Å². The van der Waals surface area contributed by atoms with Crippen molar-refractivity contribution >= 4 is 23.7 Å². The maximum atomic E-state index is 12.3. The van der Waals surface area contributed by atoms with Crippen LogP contribution in [0.25, 0.3) is 0 Å². The van der Waals surface area contributed by atoms with E-state index in [4.69, 9.17) is 9.47 Å². The summed E-state index contributed by atoms with van der Waals surface area (Å²) >= 11 is 0. The van der Waals surface area contributed by atoms with Gasteiger partial charge in [0, 0.05) is 20.0 Å². The minimum atomic E-state index is -3.37. The predicted molar refractivity (Wildman–Crippen MR) is 85.2 cm³/mol. The van der Waals surface area contributed by atoms with Crippen molar-refractivity contribution in [1.29, 1.82) is 0 Å². The van der Waals surface area contributed by atoms with Gasteiger partial charge in [-0.25, -0.2) is 9.59 Å². The first-order chi connectivity index (χ1) is 13.1. The summed E-state index contributed by atoms with van der Waals surface area (Å²) in [6.45, 7) is 1.51. The summed E-state index contributed by atoms with van der Waals surface area (Å²) in [5.74, 6) is -3.13. The highest BCUT2D eigenvalue weighted by Gasteiger charge is 2.48. The molecule has 154 valence electrons. The zero-order valence-corrected chi connectivity index (χ0v) is 14.7. The van der Waals surface area contributed by atoms with Gasteiger partial charge in [-0.1, -0.05) is 0 Å². The molecule has 0 aliphatic carbocycles. The highest BCUT2D eigenvalue weighted by molar-refractivity contribution is 5.87. The van der Waals surface area contributed by atoms with Crippen molar-refractivity contribution in [2.75, 3.05) is 11.9 Å². The average Bonchev–Trinajstić information content (AvgIpc) is 2.88. The number of aliphatic hydroxyl groups is 1. The van der Waals surface area contributed by atoms with E-state index in [0.29, 0.717) is 0 Å². The van der Waals surface area contributed by atoms with E-state index < -0.39 is 61.1 Å². The third-order valence-electron chi connectivity index (χ3n) is 3.59. The number of hydrogen-bond acceptors (Lipinski definition) is 9. The van der Waals surface area contributed by atoms with Gasteiger partial charge in [0.15, 0.2) is 12.3 Å². The van der Waals surface area contributed by atoms with Crippen LogP contribution in [-0.2, 0) is 28.6 Å². The fraction of sp³-hybridized carbons (Fsp3) is 0.533. The van der Waals surface area contributed by atoms with Crippen molar-refractivity contribution in [3.8, 4) is 0 Å². The maximum Gasteiger partial charge on any atom is 0.373 e. The Labute approximate surface area is 156 Å². The fourth-order valence-electron chi connectivity index (χ4n) is 2.50. The van der Waals surface area contributed by atoms with Crippen molar-refractivity contribution < 1.29 is 42.5 Å². The molecule has 0 unspecified atom stereocenters. The molecule has 11 nitrogen and oxygen atoms in total. The van der Waals surface area contributed by atoms with E-state index >= 15 is 0 Å². The number of nitrogens with one attached hydrogen (secondary N) is 1. The summed E-state index contributed by atoms with van der Waals surface area (Å²) < 4.78 is 40.1. The molecule has 2 N–H and O–H groups in total. The molecule has 1 aromatic heterocycles. The molecule has 1 saturated heterocycles. The van der Waals surface area contributed by atoms with E-state index in [9.17, 15) is 33.1 Å². The molecule has 0 spiro atoms. The highest BCUT2D eigenvalue weighted by atomic mass is 19.3. The standard InChI is InChI=1S/C15H17F2N3O8/c1-6(21)18-9-3-4-20(15(25)19-9)13-10(23)11(27-7(2)22)8(28-13)5-26-14(24)12(16)17/h3-4,8,10-13,23H,5H2,1-2H3,(H,18,19,21,25)/t8-,10+,11-,13-/m1/s1. The van der Waals surface area contributed by atoms with Crippen LogP contribution in [0.15, 0.2) is 17.1 Å². The molecule has 0 bridgehead atoms. The average molecular weight is 405 g/mol. The van der Waals surface area contributed by atoms with Crippen LogP contribution in [0.4, 0.5) is 14.6 Å². The number of halogens is 2. The number of carbonyl (C=O) groups excluding carboxylic acids is 3. The van der Waals surface area contributed by atoms with Crippen LogP contribution in [0, 0.1) is 0 Å². The molecular formula is C15H17F2N3O8. The Morgan fingerprint density at radius 3 is 2.61 bits per heavy atom. The second-order valence-electron chi connectivity index (χ2n) is 5.74. The number of amides is 1. The van der Waals surface area contributed by atoms with E-state index in [2.05, 4.69) is 15.0 Å². The van der Waals surface area contributed by atoms with Gasteiger partial charge < -0.3 is 24.6 Å². The number of esters is 2. The number of alkyl halides is 2. The quantitative estimate of drug-likeness (QED) is 0.581. The second kappa shape index (κ2) is 8.84. The first kappa shape index (κ1) is 21.4. The molecule has 2 heterocycles. The number of hydrogen-bond donors (Lipinski definition) is 2. The van der Waals surface area contributed by atoms with Crippen molar-refractivity contribution in [1.82, 2.24) is 9.55 Å². The minimum Gasteiger partial charge on any atom is -0.459 e. The third kappa shape index (κ3) is 5.07. The molecule has 0 saturated carbocycles. The Morgan fingerprint density at radius 1 is 1.39 bits per heavy atom. The number of anilines is 1. The molecule has 1 aromatic rings. The van der Waals surface area contributed by atoms with Crippen LogP contribution in [0.1, 0.15) is 20.1 Å². The van der Waals surface area contributed by atoms with Crippen molar-refractivity contribution in [3.05, 3.63) is 22.7 Å². The van der Waals surface area contributed by atoms with Crippen molar-refractivity contribution in [2.24, 2.45) is 0 Å². The molecule has 2 rings (SSSR count). The third-order valence-corrected chi connectivity index (χ3v) is 3.59. The Kier molecular flexibility index (Phi) is 6.75. The van der Waals surface area contributed by atoms with Gasteiger partial charge in [0.05, 0.1) is 0 Å². The van der Waals surface area contributed by atoms with Crippen LogP contribution in [0.3, 0.4) is 0 Å². The van der Waals surface area contributed by atoms with E-state index in [1.807, 2.05) is 0 Å². The topological polar surface area (TPSA) is 146 Å². The van der Waals surface area contributed by atoms with E-state index in [0.717, 1.165) is 17.7 Å². The Bertz CT molecular complexity index is 815. The summed E-state index contributed by atoms with van der Waals surface area (Å²) in [6.07, 6.45) is -7.92. The van der Waals surface area contributed by atoms with Crippen LogP contribution < -0.4 is 11.0 Å². The van der Waals surface area contributed by atoms with Gasteiger partial charge in [-0.05, 0) is 6.07 Å². The summed E-state index contributed by atoms with van der Waals surface area (Å²) in [7, 11) is 0. The lowest BCUT2D eigenvalue weighted by atomic mass is 10.1. The number of aliphatic hydroxyl groups excluding tert-OH is 1. The Balaban J connectivity index is 2.23.